The lowest BCUT2D eigenvalue weighted by Gasteiger charge is -2.26. The monoisotopic (exact) mass is 259 g/mol. The van der Waals surface area contributed by atoms with Crippen LogP contribution in [0.3, 0.4) is 0 Å². The van der Waals surface area contributed by atoms with Crippen LogP contribution in [0.15, 0.2) is 30.9 Å². The molecule has 2 aromatic heterocycles. The highest BCUT2D eigenvalue weighted by Gasteiger charge is 2.17. The van der Waals surface area contributed by atoms with Crippen molar-refractivity contribution in [2.24, 2.45) is 7.05 Å². The zero-order valence-electron chi connectivity index (χ0n) is 10.6. The van der Waals surface area contributed by atoms with Crippen LogP contribution in [-0.2, 0) is 7.05 Å². The molecule has 3 heterocycles. The Morgan fingerprint density at radius 3 is 2.68 bits per heavy atom. The van der Waals surface area contributed by atoms with Crippen LogP contribution in [0, 0.1) is 5.82 Å². The second kappa shape index (κ2) is 4.79. The van der Waals surface area contributed by atoms with E-state index in [4.69, 9.17) is 0 Å². The summed E-state index contributed by atoms with van der Waals surface area (Å²) in [6.45, 7) is 1.56. The van der Waals surface area contributed by atoms with Gasteiger partial charge in [0.1, 0.15) is 0 Å². The normalized spacial score (nSPS) is 15.5. The molecule has 0 aliphatic carbocycles. The Bertz CT molecular complexity index is 602. The number of aromatic nitrogens is 4. The Morgan fingerprint density at radius 1 is 1.21 bits per heavy atom. The van der Waals surface area contributed by atoms with Crippen molar-refractivity contribution in [3.05, 3.63) is 42.2 Å². The molecule has 1 aliphatic rings. The number of hydrogen-bond donors (Lipinski definition) is 0. The quantitative estimate of drug-likeness (QED) is 0.822. The van der Waals surface area contributed by atoms with E-state index in [1.807, 2.05) is 24.3 Å². The predicted octanol–water partition coefficient (Wildman–Crippen LogP) is 1.64. The maximum atomic E-state index is 12.8. The van der Waals surface area contributed by atoms with Crippen LogP contribution < -0.4 is 4.90 Å². The molecule has 0 atom stereocenters. The number of hydrogen-bond acceptors (Lipinski definition) is 4. The Kier molecular flexibility index (Phi) is 2.98. The summed E-state index contributed by atoms with van der Waals surface area (Å²) in [7, 11) is 1.90. The van der Waals surface area contributed by atoms with E-state index in [-0.39, 0.29) is 0 Å². The molecule has 0 saturated heterocycles. The second-order valence-electron chi connectivity index (χ2n) is 4.54. The van der Waals surface area contributed by atoms with E-state index in [1.165, 1.54) is 18.0 Å². The van der Waals surface area contributed by atoms with Crippen LogP contribution in [-0.4, -0.2) is 32.8 Å². The van der Waals surface area contributed by atoms with Crippen LogP contribution in [0.4, 0.5) is 10.3 Å². The Balaban J connectivity index is 1.81. The van der Waals surface area contributed by atoms with Gasteiger partial charge in [-0.1, -0.05) is 6.08 Å². The van der Waals surface area contributed by atoms with Gasteiger partial charge in [0, 0.05) is 31.9 Å². The van der Waals surface area contributed by atoms with Gasteiger partial charge in [0.15, 0.2) is 5.82 Å². The molecule has 0 spiro atoms. The molecule has 0 saturated carbocycles. The first-order chi connectivity index (χ1) is 9.22. The first kappa shape index (κ1) is 11.8. The molecule has 0 bridgehead atoms. The fraction of sp³-hybridized carbons (Fsp3) is 0.308. The van der Waals surface area contributed by atoms with Crippen LogP contribution in [0.2, 0.25) is 0 Å². The molecular weight excluding hydrogens is 245 g/mol. The van der Waals surface area contributed by atoms with Crippen molar-refractivity contribution >= 4 is 11.5 Å². The lowest BCUT2D eigenvalue weighted by molar-refractivity contribution is 0.611. The van der Waals surface area contributed by atoms with Crippen molar-refractivity contribution in [2.75, 3.05) is 18.0 Å². The van der Waals surface area contributed by atoms with Gasteiger partial charge in [-0.3, -0.25) is 4.68 Å². The predicted molar refractivity (Wildman–Crippen MR) is 70.0 cm³/mol. The summed E-state index contributed by atoms with van der Waals surface area (Å²) in [6, 6.07) is 0. The maximum absolute atomic E-state index is 12.8. The summed E-state index contributed by atoms with van der Waals surface area (Å²) in [6.07, 6.45) is 9.36. The molecule has 2 aromatic rings. The van der Waals surface area contributed by atoms with Crippen molar-refractivity contribution in [1.82, 2.24) is 19.7 Å². The fourth-order valence-electron chi connectivity index (χ4n) is 2.18. The summed E-state index contributed by atoms with van der Waals surface area (Å²) in [5, 5.41) is 4.18. The number of nitrogens with zero attached hydrogens (tertiary/aromatic N) is 5. The lowest BCUT2D eigenvalue weighted by Crippen LogP contribution is -2.30. The number of halogens is 1. The average molecular weight is 259 g/mol. The summed E-state index contributed by atoms with van der Waals surface area (Å²) in [5.41, 5.74) is 2.31. The van der Waals surface area contributed by atoms with E-state index < -0.39 is 5.82 Å². The van der Waals surface area contributed by atoms with E-state index in [2.05, 4.69) is 21.1 Å². The minimum atomic E-state index is -0.413. The molecule has 0 aromatic carbocycles. The van der Waals surface area contributed by atoms with E-state index >= 15 is 0 Å². The number of aryl methyl sites for hydroxylation is 1. The molecule has 98 valence electrons. The van der Waals surface area contributed by atoms with Gasteiger partial charge in [-0.25, -0.2) is 14.4 Å². The topological polar surface area (TPSA) is 46.8 Å². The molecule has 0 radical (unpaired) electrons. The van der Waals surface area contributed by atoms with Crippen LogP contribution in [0.25, 0.3) is 5.57 Å². The first-order valence-electron chi connectivity index (χ1n) is 6.13. The van der Waals surface area contributed by atoms with Gasteiger partial charge in [-0.2, -0.15) is 5.10 Å². The summed E-state index contributed by atoms with van der Waals surface area (Å²) in [5.74, 6) is 0.152. The van der Waals surface area contributed by atoms with Gasteiger partial charge in [-0.05, 0) is 12.0 Å². The Morgan fingerprint density at radius 2 is 2.00 bits per heavy atom. The van der Waals surface area contributed by atoms with E-state index in [1.54, 1.807) is 4.68 Å². The SMILES string of the molecule is Cn1cc(C2=CCCN(c3ncc(F)cn3)C2)cn1. The average Bonchev–Trinajstić information content (AvgIpc) is 2.86. The van der Waals surface area contributed by atoms with Gasteiger partial charge in [0.05, 0.1) is 18.6 Å². The third-order valence-corrected chi connectivity index (χ3v) is 3.12. The van der Waals surface area contributed by atoms with E-state index in [9.17, 15) is 4.39 Å². The fourth-order valence-corrected chi connectivity index (χ4v) is 2.18. The molecule has 0 amide bonds. The Hall–Kier alpha value is -2.24. The van der Waals surface area contributed by atoms with Gasteiger partial charge in [0.25, 0.3) is 0 Å². The summed E-state index contributed by atoms with van der Waals surface area (Å²) < 4.78 is 14.6. The first-order valence-corrected chi connectivity index (χ1v) is 6.13. The maximum Gasteiger partial charge on any atom is 0.225 e. The molecule has 5 nitrogen and oxygen atoms in total. The van der Waals surface area contributed by atoms with E-state index in [0.29, 0.717) is 5.95 Å². The zero-order chi connectivity index (χ0) is 13.2. The third kappa shape index (κ3) is 2.47. The van der Waals surface area contributed by atoms with Crippen LogP contribution >= 0.6 is 0 Å². The Labute approximate surface area is 110 Å². The summed E-state index contributed by atoms with van der Waals surface area (Å²) >= 11 is 0. The smallest absolute Gasteiger partial charge is 0.225 e. The van der Waals surface area contributed by atoms with Crippen molar-refractivity contribution < 1.29 is 4.39 Å². The van der Waals surface area contributed by atoms with Crippen molar-refractivity contribution in [1.29, 1.82) is 0 Å². The molecule has 3 rings (SSSR count). The van der Waals surface area contributed by atoms with Crippen LogP contribution in [0.5, 0.6) is 0 Å². The molecule has 0 unspecified atom stereocenters. The highest BCUT2D eigenvalue weighted by Crippen LogP contribution is 2.22. The van der Waals surface area contributed by atoms with Gasteiger partial charge in [-0.15, -0.1) is 0 Å². The molecular formula is C13H14FN5. The molecule has 19 heavy (non-hydrogen) atoms. The second-order valence-corrected chi connectivity index (χ2v) is 4.54. The van der Waals surface area contributed by atoms with Crippen molar-refractivity contribution in [3.8, 4) is 0 Å². The van der Waals surface area contributed by atoms with Gasteiger partial charge >= 0.3 is 0 Å². The van der Waals surface area contributed by atoms with Crippen molar-refractivity contribution in [2.45, 2.75) is 6.42 Å². The van der Waals surface area contributed by atoms with Crippen LogP contribution in [0.1, 0.15) is 12.0 Å². The van der Waals surface area contributed by atoms with Crippen molar-refractivity contribution in [3.63, 3.8) is 0 Å². The van der Waals surface area contributed by atoms with Gasteiger partial charge < -0.3 is 4.90 Å². The van der Waals surface area contributed by atoms with Gasteiger partial charge in [0.2, 0.25) is 5.95 Å². The zero-order valence-corrected chi connectivity index (χ0v) is 10.6. The van der Waals surface area contributed by atoms with E-state index in [0.717, 1.165) is 25.1 Å². The largest absolute Gasteiger partial charge is 0.336 e. The standard InChI is InChI=1S/C13H14FN5/c1-18-8-11(5-17-18)10-3-2-4-19(9-10)13-15-6-12(14)7-16-13/h3,5-8H,2,4,9H2,1H3. The highest BCUT2D eigenvalue weighted by atomic mass is 19.1. The molecule has 0 N–H and O–H groups in total. The number of anilines is 1. The molecule has 6 heteroatoms. The third-order valence-electron chi connectivity index (χ3n) is 3.12. The summed E-state index contributed by atoms with van der Waals surface area (Å²) in [4.78, 5) is 10.1. The lowest BCUT2D eigenvalue weighted by atomic mass is 10.1. The minimum absolute atomic E-state index is 0.413. The molecule has 0 fully saturated rings. The molecule has 1 aliphatic heterocycles. The highest BCUT2D eigenvalue weighted by molar-refractivity contribution is 5.69. The number of rotatable bonds is 2. The minimum Gasteiger partial charge on any atom is -0.336 e.